The highest BCUT2D eigenvalue weighted by molar-refractivity contribution is 6.00. The van der Waals surface area contributed by atoms with E-state index < -0.39 is 18.4 Å². The van der Waals surface area contributed by atoms with E-state index in [1.54, 1.807) is 36.4 Å². The standard InChI is InChI=1S/C24H22O7/c1-27-21-13-17(14-22(28-2)23(21)29-3)20(25)15-30-24(26)16-8-7-11-19(12-16)31-18-9-5-4-6-10-18/h4-14H,15H2,1-3H3. The summed E-state index contributed by atoms with van der Waals surface area (Å²) in [6.45, 7) is -0.443. The maximum absolute atomic E-state index is 12.6. The summed E-state index contributed by atoms with van der Waals surface area (Å²) in [6, 6.07) is 18.7. The van der Waals surface area contributed by atoms with Crippen LogP contribution in [-0.4, -0.2) is 39.7 Å². The zero-order valence-electron chi connectivity index (χ0n) is 17.4. The van der Waals surface area contributed by atoms with Crippen LogP contribution in [0, 0.1) is 0 Å². The van der Waals surface area contributed by atoms with Crippen LogP contribution in [0.1, 0.15) is 20.7 Å². The lowest BCUT2D eigenvalue weighted by Gasteiger charge is -2.13. The highest BCUT2D eigenvalue weighted by atomic mass is 16.5. The number of rotatable bonds is 9. The predicted molar refractivity (Wildman–Crippen MR) is 114 cm³/mol. The van der Waals surface area contributed by atoms with E-state index in [1.807, 2.05) is 18.2 Å². The van der Waals surface area contributed by atoms with Gasteiger partial charge in [0.2, 0.25) is 11.5 Å². The summed E-state index contributed by atoms with van der Waals surface area (Å²) in [4.78, 5) is 25.0. The molecule has 0 aromatic heterocycles. The highest BCUT2D eigenvalue weighted by Crippen LogP contribution is 2.38. The van der Waals surface area contributed by atoms with Gasteiger partial charge < -0.3 is 23.7 Å². The van der Waals surface area contributed by atoms with Gasteiger partial charge in [0.1, 0.15) is 11.5 Å². The first-order valence-electron chi connectivity index (χ1n) is 9.39. The van der Waals surface area contributed by atoms with Crippen molar-refractivity contribution in [3.63, 3.8) is 0 Å². The molecule has 0 unspecified atom stereocenters. The first-order chi connectivity index (χ1) is 15.0. The molecule has 0 radical (unpaired) electrons. The summed E-state index contributed by atoms with van der Waals surface area (Å²) >= 11 is 0. The lowest BCUT2D eigenvalue weighted by Crippen LogP contribution is -2.14. The molecule has 0 amide bonds. The first kappa shape index (κ1) is 21.7. The van der Waals surface area contributed by atoms with Crippen molar-refractivity contribution < 1.29 is 33.3 Å². The molecule has 0 bridgehead atoms. The zero-order chi connectivity index (χ0) is 22.2. The molecular formula is C24H22O7. The summed E-state index contributed by atoms with van der Waals surface area (Å²) in [5, 5.41) is 0. The van der Waals surface area contributed by atoms with Gasteiger partial charge in [0, 0.05) is 5.56 Å². The average molecular weight is 422 g/mol. The Kier molecular flexibility index (Phi) is 7.11. The Morgan fingerprint density at radius 2 is 1.35 bits per heavy atom. The maximum atomic E-state index is 12.6. The molecule has 0 aliphatic rings. The van der Waals surface area contributed by atoms with Gasteiger partial charge in [0.15, 0.2) is 18.1 Å². The van der Waals surface area contributed by atoms with Gasteiger partial charge in [-0.25, -0.2) is 4.79 Å². The van der Waals surface area contributed by atoms with Crippen LogP contribution in [0.25, 0.3) is 0 Å². The van der Waals surface area contributed by atoms with Crippen LogP contribution < -0.4 is 18.9 Å². The Labute approximate surface area is 180 Å². The Balaban J connectivity index is 1.68. The average Bonchev–Trinajstić information content (AvgIpc) is 2.82. The second-order valence-corrected chi connectivity index (χ2v) is 6.36. The Morgan fingerprint density at radius 1 is 0.710 bits per heavy atom. The van der Waals surface area contributed by atoms with Crippen molar-refractivity contribution in [2.75, 3.05) is 27.9 Å². The topological polar surface area (TPSA) is 80.3 Å². The van der Waals surface area contributed by atoms with Crippen LogP contribution in [0.3, 0.4) is 0 Å². The number of carbonyl (C=O) groups is 2. The van der Waals surface area contributed by atoms with Crippen molar-refractivity contribution in [3.8, 4) is 28.7 Å². The number of Topliss-reactive ketones (excluding diaryl/α,β-unsaturated/α-hetero) is 1. The summed E-state index contributed by atoms with van der Waals surface area (Å²) in [5.74, 6) is 1.11. The minimum absolute atomic E-state index is 0.267. The van der Waals surface area contributed by atoms with Crippen molar-refractivity contribution in [2.24, 2.45) is 0 Å². The summed E-state index contributed by atoms with van der Waals surface area (Å²) in [7, 11) is 4.38. The number of ketones is 1. The van der Waals surface area contributed by atoms with E-state index >= 15 is 0 Å². The fourth-order valence-electron chi connectivity index (χ4n) is 2.85. The molecule has 3 aromatic rings. The molecule has 0 N–H and O–H groups in total. The molecule has 0 aliphatic carbocycles. The normalized spacial score (nSPS) is 10.2. The molecule has 0 aliphatic heterocycles. The van der Waals surface area contributed by atoms with Gasteiger partial charge in [0.25, 0.3) is 0 Å². The SMILES string of the molecule is COc1cc(C(=O)COC(=O)c2cccc(Oc3ccccc3)c2)cc(OC)c1OC. The van der Waals surface area contributed by atoms with Gasteiger partial charge >= 0.3 is 5.97 Å². The number of benzene rings is 3. The molecule has 0 atom stereocenters. The van der Waals surface area contributed by atoms with Crippen LogP contribution in [0.15, 0.2) is 66.7 Å². The van der Waals surface area contributed by atoms with Crippen molar-refractivity contribution in [3.05, 3.63) is 77.9 Å². The minimum Gasteiger partial charge on any atom is -0.493 e. The molecule has 160 valence electrons. The van der Waals surface area contributed by atoms with E-state index in [2.05, 4.69) is 0 Å². The zero-order valence-corrected chi connectivity index (χ0v) is 17.4. The monoisotopic (exact) mass is 422 g/mol. The highest BCUT2D eigenvalue weighted by Gasteiger charge is 2.18. The summed E-state index contributed by atoms with van der Waals surface area (Å²) in [6.07, 6.45) is 0. The van der Waals surface area contributed by atoms with E-state index in [0.29, 0.717) is 28.7 Å². The van der Waals surface area contributed by atoms with Crippen molar-refractivity contribution in [1.29, 1.82) is 0 Å². The number of ether oxygens (including phenoxy) is 5. The maximum Gasteiger partial charge on any atom is 0.338 e. The third-order valence-electron chi connectivity index (χ3n) is 4.37. The summed E-state index contributed by atoms with van der Waals surface area (Å²) in [5.41, 5.74) is 0.537. The van der Waals surface area contributed by atoms with Gasteiger partial charge in [0.05, 0.1) is 26.9 Å². The largest absolute Gasteiger partial charge is 0.493 e. The predicted octanol–water partition coefficient (Wildman–Crippen LogP) is 4.54. The first-order valence-corrected chi connectivity index (χ1v) is 9.39. The molecule has 3 rings (SSSR count). The third kappa shape index (κ3) is 5.33. The van der Waals surface area contributed by atoms with Crippen LogP contribution in [0.5, 0.6) is 28.7 Å². The molecule has 0 saturated carbocycles. The van der Waals surface area contributed by atoms with E-state index in [-0.39, 0.29) is 11.1 Å². The number of methoxy groups -OCH3 is 3. The van der Waals surface area contributed by atoms with Crippen LogP contribution >= 0.6 is 0 Å². The molecular weight excluding hydrogens is 400 g/mol. The molecule has 31 heavy (non-hydrogen) atoms. The lowest BCUT2D eigenvalue weighted by molar-refractivity contribution is 0.0474. The number of carbonyl (C=O) groups excluding carboxylic acids is 2. The molecule has 7 nitrogen and oxygen atoms in total. The number of hydrogen-bond acceptors (Lipinski definition) is 7. The van der Waals surface area contributed by atoms with Crippen molar-refractivity contribution >= 4 is 11.8 Å². The molecule has 0 spiro atoms. The fourth-order valence-corrected chi connectivity index (χ4v) is 2.85. The smallest absolute Gasteiger partial charge is 0.338 e. The van der Waals surface area contributed by atoms with Gasteiger partial charge in [-0.3, -0.25) is 4.79 Å². The molecule has 3 aromatic carbocycles. The van der Waals surface area contributed by atoms with E-state index in [4.69, 9.17) is 23.7 Å². The van der Waals surface area contributed by atoms with Gasteiger partial charge in [-0.15, -0.1) is 0 Å². The number of hydrogen-bond donors (Lipinski definition) is 0. The Hall–Kier alpha value is -4.00. The fraction of sp³-hybridized carbons (Fsp3) is 0.167. The van der Waals surface area contributed by atoms with Crippen molar-refractivity contribution in [1.82, 2.24) is 0 Å². The Morgan fingerprint density at radius 3 is 1.97 bits per heavy atom. The Bertz CT molecular complexity index is 1040. The van der Waals surface area contributed by atoms with Gasteiger partial charge in [-0.2, -0.15) is 0 Å². The van der Waals surface area contributed by atoms with Crippen LogP contribution in [-0.2, 0) is 4.74 Å². The molecule has 0 heterocycles. The van der Waals surface area contributed by atoms with E-state index in [1.165, 1.54) is 33.5 Å². The minimum atomic E-state index is -0.640. The molecule has 7 heteroatoms. The second kappa shape index (κ2) is 10.2. The van der Waals surface area contributed by atoms with Crippen LogP contribution in [0.2, 0.25) is 0 Å². The van der Waals surface area contributed by atoms with E-state index in [0.717, 1.165) is 0 Å². The number of para-hydroxylation sites is 1. The van der Waals surface area contributed by atoms with E-state index in [9.17, 15) is 9.59 Å². The molecule has 0 fully saturated rings. The molecule has 0 saturated heterocycles. The summed E-state index contributed by atoms with van der Waals surface area (Å²) < 4.78 is 26.7. The van der Waals surface area contributed by atoms with Gasteiger partial charge in [-0.1, -0.05) is 24.3 Å². The lowest BCUT2D eigenvalue weighted by atomic mass is 10.1. The number of esters is 1. The third-order valence-corrected chi connectivity index (χ3v) is 4.37. The van der Waals surface area contributed by atoms with Crippen LogP contribution in [0.4, 0.5) is 0 Å². The second-order valence-electron chi connectivity index (χ2n) is 6.36. The van der Waals surface area contributed by atoms with Gasteiger partial charge in [-0.05, 0) is 42.5 Å². The van der Waals surface area contributed by atoms with Crippen molar-refractivity contribution in [2.45, 2.75) is 0 Å². The quantitative estimate of drug-likeness (QED) is 0.370.